The normalized spacial score (nSPS) is 12.5. The quantitative estimate of drug-likeness (QED) is 0.618. The van der Waals surface area contributed by atoms with Gasteiger partial charge in [-0.3, -0.25) is 4.90 Å². The van der Waals surface area contributed by atoms with E-state index in [0.717, 1.165) is 29.5 Å². The van der Waals surface area contributed by atoms with E-state index in [1.165, 1.54) is 5.56 Å². The van der Waals surface area contributed by atoms with E-state index in [1.807, 2.05) is 25.1 Å². The van der Waals surface area contributed by atoms with Crippen LogP contribution in [0, 0.1) is 6.92 Å². The van der Waals surface area contributed by atoms with E-state index in [-0.39, 0.29) is 6.04 Å². The van der Waals surface area contributed by atoms with Crippen LogP contribution in [0.4, 0.5) is 0 Å². The Morgan fingerprint density at radius 3 is 2.96 bits per heavy atom. The maximum atomic E-state index is 4.58. The topological polar surface area (TPSA) is 59.7 Å². The molecule has 2 heterocycles. The third-order valence-electron chi connectivity index (χ3n) is 3.91. The van der Waals surface area contributed by atoms with Crippen molar-refractivity contribution in [1.82, 2.24) is 30.1 Å². The summed E-state index contributed by atoms with van der Waals surface area (Å²) in [7, 11) is 0. The lowest BCUT2D eigenvalue weighted by molar-refractivity contribution is 0.223. The molecule has 2 aromatic heterocycles. The van der Waals surface area contributed by atoms with E-state index in [0.29, 0.717) is 0 Å². The van der Waals surface area contributed by atoms with Crippen LogP contribution in [0.2, 0.25) is 0 Å². The highest BCUT2D eigenvalue weighted by Crippen LogP contribution is 2.24. The van der Waals surface area contributed by atoms with Crippen molar-refractivity contribution in [3.8, 4) is 5.69 Å². The van der Waals surface area contributed by atoms with Crippen LogP contribution in [0.25, 0.3) is 5.69 Å². The van der Waals surface area contributed by atoms with Crippen LogP contribution in [0.5, 0.6) is 0 Å². The van der Waals surface area contributed by atoms with Crippen molar-refractivity contribution < 1.29 is 0 Å². The molecule has 3 rings (SSSR count). The SMILES string of the molecule is C=CCN(Cc1csc(C)n1)[C@H](C)c1cccc(-n2cnnn2)c1. The first-order valence-electron chi connectivity index (χ1n) is 7.76. The highest BCUT2D eigenvalue weighted by Gasteiger charge is 2.17. The van der Waals surface area contributed by atoms with Crippen molar-refractivity contribution >= 4 is 11.3 Å². The van der Waals surface area contributed by atoms with E-state index in [1.54, 1.807) is 22.3 Å². The number of aromatic nitrogens is 5. The fourth-order valence-corrected chi connectivity index (χ4v) is 3.24. The van der Waals surface area contributed by atoms with Gasteiger partial charge < -0.3 is 0 Å². The smallest absolute Gasteiger partial charge is 0.143 e. The molecule has 24 heavy (non-hydrogen) atoms. The standard InChI is InChI=1S/C17H20N6S/c1-4-8-22(10-16-11-24-14(3)19-16)13(2)15-6-5-7-17(9-15)23-12-18-20-21-23/h4-7,9,11-13H,1,8,10H2,2-3H3/t13-/m1/s1. The highest BCUT2D eigenvalue weighted by molar-refractivity contribution is 7.09. The van der Waals surface area contributed by atoms with Gasteiger partial charge in [0.2, 0.25) is 0 Å². The zero-order valence-corrected chi connectivity index (χ0v) is 14.6. The van der Waals surface area contributed by atoms with Crippen molar-refractivity contribution in [1.29, 1.82) is 0 Å². The fraction of sp³-hybridized carbons (Fsp3) is 0.294. The summed E-state index contributed by atoms with van der Waals surface area (Å²) in [4.78, 5) is 6.93. The Bertz CT molecular complexity index is 795. The minimum Gasteiger partial charge on any atom is -0.287 e. The number of hydrogen-bond donors (Lipinski definition) is 0. The molecule has 0 unspecified atom stereocenters. The molecule has 0 fully saturated rings. The van der Waals surface area contributed by atoms with E-state index >= 15 is 0 Å². The van der Waals surface area contributed by atoms with E-state index in [4.69, 9.17) is 0 Å². The molecule has 0 spiro atoms. The predicted molar refractivity (Wildman–Crippen MR) is 95.0 cm³/mol. The number of tetrazole rings is 1. The van der Waals surface area contributed by atoms with Gasteiger partial charge >= 0.3 is 0 Å². The monoisotopic (exact) mass is 340 g/mol. The van der Waals surface area contributed by atoms with Crippen LogP contribution in [0.15, 0.2) is 48.6 Å². The van der Waals surface area contributed by atoms with Crippen molar-refractivity contribution in [2.75, 3.05) is 6.54 Å². The van der Waals surface area contributed by atoms with Crippen LogP contribution in [0.1, 0.15) is 29.2 Å². The van der Waals surface area contributed by atoms with Crippen LogP contribution in [0.3, 0.4) is 0 Å². The number of rotatable bonds is 7. The minimum absolute atomic E-state index is 0.224. The molecule has 0 saturated carbocycles. The summed E-state index contributed by atoms with van der Waals surface area (Å²) >= 11 is 1.68. The average Bonchev–Trinajstić information content (AvgIpc) is 3.26. The summed E-state index contributed by atoms with van der Waals surface area (Å²) in [6.07, 6.45) is 3.53. The molecule has 6 nitrogen and oxygen atoms in total. The third-order valence-corrected chi connectivity index (χ3v) is 4.73. The number of hydrogen-bond acceptors (Lipinski definition) is 6. The van der Waals surface area contributed by atoms with Crippen LogP contribution < -0.4 is 0 Å². The molecule has 0 aliphatic rings. The molecule has 0 radical (unpaired) electrons. The Labute approximate surface area is 145 Å². The van der Waals surface area contributed by atoms with Gasteiger partial charge in [0.05, 0.1) is 16.4 Å². The van der Waals surface area contributed by atoms with Crippen molar-refractivity contribution in [3.05, 3.63) is 64.9 Å². The van der Waals surface area contributed by atoms with Crippen molar-refractivity contribution in [2.45, 2.75) is 26.4 Å². The van der Waals surface area contributed by atoms with E-state index in [9.17, 15) is 0 Å². The van der Waals surface area contributed by atoms with Crippen LogP contribution in [-0.4, -0.2) is 36.6 Å². The molecule has 1 atom stereocenters. The summed E-state index contributed by atoms with van der Waals surface area (Å²) in [6.45, 7) is 9.72. The summed E-state index contributed by atoms with van der Waals surface area (Å²) in [5.74, 6) is 0. The lowest BCUT2D eigenvalue weighted by Gasteiger charge is -2.28. The zero-order chi connectivity index (χ0) is 16.9. The fourth-order valence-electron chi connectivity index (χ4n) is 2.63. The molecular formula is C17H20N6S. The number of benzene rings is 1. The van der Waals surface area contributed by atoms with Crippen molar-refractivity contribution in [3.63, 3.8) is 0 Å². The molecule has 0 bridgehead atoms. The Morgan fingerprint density at radius 1 is 1.42 bits per heavy atom. The molecule has 0 amide bonds. The van der Waals surface area contributed by atoms with Gasteiger partial charge in [-0.2, -0.15) is 0 Å². The Hall–Kier alpha value is -2.38. The van der Waals surface area contributed by atoms with E-state index in [2.05, 4.69) is 56.4 Å². The zero-order valence-electron chi connectivity index (χ0n) is 13.8. The average molecular weight is 340 g/mol. The summed E-state index contributed by atoms with van der Waals surface area (Å²) in [5.41, 5.74) is 3.26. The first-order chi connectivity index (χ1) is 11.7. The molecule has 124 valence electrons. The summed E-state index contributed by atoms with van der Waals surface area (Å²) in [5, 5.41) is 14.6. The van der Waals surface area contributed by atoms with Gasteiger partial charge in [0.25, 0.3) is 0 Å². The third kappa shape index (κ3) is 3.74. The summed E-state index contributed by atoms with van der Waals surface area (Å²) < 4.78 is 1.66. The molecule has 0 saturated heterocycles. The molecular weight excluding hydrogens is 320 g/mol. The number of thiazole rings is 1. The van der Waals surface area contributed by atoms with Gasteiger partial charge in [0.1, 0.15) is 6.33 Å². The molecule has 0 N–H and O–H groups in total. The number of aryl methyl sites for hydroxylation is 1. The first kappa shape index (κ1) is 16.5. The minimum atomic E-state index is 0.224. The Kier molecular flexibility index (Phi) is 5.12. The molecule has 7 heteroatoms. The number of nitrogens with zero attached hydrogens (tertiary/aromatic N) is 6. The second-order valence-corrected chi connectivity index (χ2v) is 6.66. The van der Waals surface area contributed by atoms with Crippen LogP contribution >= 0.6 is 11.3 Å². The lowest BCUT2D eigenvalue weighted by atomic mass is 10.1. The largest absolute Gasteiger partial charge is 0.287 e. The highest BCUT2D eigenvalue weighted by atomic mass is 32.1. The van der Waals surface area contributed by atoms with Gasteiger partial charge in [-0.25, -0.2) is 9.67 Å². The van der Waals surface area contributed by atoms with Crippen molar-refractivity contribution in [2.24, 2.45) is 0 Å². The molecule has 0 aliphatic carbocycles. The summed E-state index contributed by atoms with van der Waals surface area (Å²) in [6, 6.07) is 8.49. The second kappa shape index (κ2) is 7.46. The molecule has 0 aliphatic heterocycles. The molecule has 3 aromatic rings. The van der Waals surface area contributed by atoms with Gasteiger partial charge in [-0.1, -0.05) is 18.2 Å². The second-order valence-electron chi connectivity index (χ2n) is 5.60. The maximum absolute atomic E-state index is 4.58. The van der Waals surface area contributed by atoms with E-state index < -0.39 is 0 Å². The first-order valence-corrected chi connectivity index (χ1v) is 8.64. The molecule has 1 aromatic carbocycles. The Morgan fingerprint density at radius 2 is 2.29 bits per heavy atom. The predicted octanol–water partition coefficient (Wildman–Crippen LogP) is 3.18. The van der Waals surface area contributed by atoms with Gasteiger partial charge in [-0.05, 0) is 42.0 Å². The lowest BCUT2D eigenvalue weighted by Crippen LogP contribution is -2.27. The van der Waals surface area contributed by atoms with Gasteiger partial charge in [-0.15, -0.1) is 23.0 Å². The Balaban J connectivity index is 1.83. The van der Waals surface area contributed by atoms with Gasteiger partial charge in [0.15, 0.2) is 0 Å². The van der Waals surface area contributed by atoms with Gasteiger partial charge in [0, 0.05) is 24.5 Å². The van der Waals surface area contributed by atoms with Crippen LogP contribution in [-0.2, 0) is 6.54 Å². The maximum Gasteiger partial charge on any atom is 0.143 e.